The Labute approximate surface area is 218 Å². The van der Waals surface area contributed by atoms with E-state index in [-0.39, 0.29) is 54.4 Å². The summed E-state index contributed by atoms with van der Waals surface area (Å²) < 4.78 is 40.2. The minimum absolute atomic E-state index is 0.00420. The molecule has 38 heavy (non-hydrogen) atoms. The van der Waals surface area contributed by atoms with Gasteiger partial charge in [0.05, 0.1) is 18.7 Å². The van der Waals surface area contributed by atoms with E-state index < -0.39 is 28.9 Å². The maximum Gasteiger partial charge on any atom is 0.274 e. The summed E-state index contributed by atoms with van der Waals surface area (Å²) in [6.45, 7) is 4.07. The average Bonchev–Trinajstić information content (AvgIpc) is 2.90. The molecule has 1 N–H and O–H groups in total. The monoisotopic (exact) mass is 525 g/mol. The summed E-state index contributed by atoms with van der Waals surface area (Å²) in [5, 5.41) is 2.52. The summed E-state index contributed by atoms with van der Waals surface area (Å²) in [7, 11) is 1.54. The third-order valence-corrected chi connectivity index (χ3v) is 6.65. The van der Waals surface area contributed by atoms with E-state index in [1.165, 1.54) is 19.4 Å². The molecule has 2 heterocycles. The maximum atomic E-state index is 14.1. The van der Waals surface area contributed by atoms with E-state index in [4.69, 9.17) is 9.47 Å². The Morgan fingerprint density at radius 2 is 1.84 bits per heavy atom. The number of likely N-dealkylation sites (N-methyl/N-ethyl adjacent to an activating group) is 1. The first-order chi connectivity index (χ1) is 18.3. The third-order valence-electron chi connectivity index (χ3n) is 6.65. The predicted octanol–water partition coefficient (Wildman–Crippen LogP) is 3.69. The van der Waals surface area contributed by atoms with Crippen molar-refractivity contribution in [3.8, 4) is 5.75 Å². The van der Waals surface area contributed by atoms with Crippen molar-refractivity contribution >= 4 is 11.8 Å². The molecule has 2 amide bonds. The quantitative estimate of drug-likeness (QED) is 0.460. The van der Waals surface area contributed by atoms with Crippen LogP contribution in [0.2, 0.25) is 0 Å². The van der Waals surface area contributed by atoms with Crippen molar-refractivity contribution < 1.29 is 27.8 Å². The van der Waals surface area contributed by atoms with E-state index in [1.807, 2.05) is 44.2 Å². The van der Waals surface area contributed by atoms with Crippen LogP contribution in [0.1, 0.15) is 51.9 Å². The largest absolute Gasteiger partial charge is 0.483 e. The maximum absolute atomic E-state index is 14.1. The van der Waals surface area contributed by atoms with Crippen molar-refractivity contribution in [3.05, 3.63) is 99.0 Å². The number of hydrogen-bond donors (Lipinski definition) is 1. The molecule has 2 atom stereocenters. The predicted molar refractivity (Wildman–Crippen MR) is 136 cm³/mol. The van der Waals surface area contributed by atoms with Crippen LogP contribution in [0.25, 0.3) is 0 Å². The number of amides is 2. The van der Waals surface area contributed by atoms with E-state index >= 15 is 0 Å². The number of nitrogens with zero attached hydrogens (tertiary/aromatic N) is 2. The molecular formula is C28H29F2N3O5. The fourth-order valence-electron chi connectivity index (χ4n) is 4.61. The van der Waals surface area contributed by atoms with Gasteiger partial charge in [0.15, 0.2) is 11.4 Å². The number of benzene rings is 2. The number of hydrogen-bond acceptors (Lipinski definition) is 5. The number of methoxy groups -OCH3 is 1. The molecule has 0 radical (unpaired) electrons. The summed E-state index contributed by atoms with van der Waals surface area (Å²) in [5.74, 6) is -2.98. The molecule has 1 aliphatic heterocycles. The molecule has 4 rings (SSSR count). The number of nitrogens with one attached hydrogen (secondary N) is 1. The Balaban J connectivity index is 1.76. The van der Waals surface area contributed by atoms with Gasteiger partial charge in [-0.15, -0.1) is 0 Å². The molecule has 8 nitrogen and oxygen atoms in total. The van der Waals surface area contributed by atoms with Gasteiger partial charge in [0.2, 0.25) is 5.43 Å². The van der Waals surface area contributed by atoms with Crippen molar-refractivity contribution in [2.45, 2.75) is 39.1 Å². The van der Waals surface area contributed by atoms with Gasteiger partial charge >= 0.3 is 0 Å². The molecule has 0 aliphatic carbocycles. The standard InChI is InChI=1S/C28H29F2N3O5/c1-4-32-23(16-37-3)17(2)33-14-21(27(35)31-13-19-10-11-20(29)12-22(19)30)25(34)26(24(33)28(32)36)38-15-18-8-6-5-7-9-18/h5-12,14,17,23H,4,13,15-16H2,1-3H3,(H,31,35)/t17-,23+/m1/s1. The topological polar surface area (TPSA) is 89.9 Å². The van der Waals surface area contributed by atoms with Gasteiger partial charge in [0.1, 0.15) is 23.8 Å². The fourth-order valence-corrected chi connectivity index (χ4v) is 4.61. The number of carbonyl (C=O) groups excluding carboxylic acids is 2. The Kier molecular flexibility index (Phi) is 8.21. The smallest absolute Gasteiger partial charge is 0.274 e. The van der Waals surface area contributed by atoms with Crippen LogP contribution < -0.4 is 15.5 Å². The van der Waals surface area contributed by atoms with Crippen molar-refractivity contribution in [3.63, 3.8) is 0 Å². The van der Waals surface area contributed by atoms with Crippen LogP contribution in [0, 0.1) is 11.6 Å². The second-order valence-corrected chi connectivity index (χ2v) is 9.00. The molecule has 0 saturated carbocycles. The molecule has 1 aliphatic rings. The Bertz CT molecular complexity index is 1390. The first kappa shape index (κ1) is 27.0. The normalized spacial score (nSPS) is 16.8. The van der Waals surface area contributed by atoms with Crippen LogP contribution in [0.3, 0.4) is 0 Å². The van der Waals surface area contributed by atoms with Crippen molar-refractivity contribution in [2.75, 3.05) is 20.3 Å². The highest BCUT2D eigenvalue weighted by atomic mass is 19.1. The molecule has 3 aromatic rings. The molecule has 1 aromatic heterocycles. The lowest BCUT2D eigenvalue weighted by Gasteiger charge is -2.41. The lowest BCUT2D eigenvalue weighted by Crippen LogP contribution is -2.53. The second-order valence-electron chi connectivity index (χ2n) is 9.00. The number of carbonyl (C=O) groups is 2. The van der Waals surface area contributed by atoms with Gasteiger partial charge in [-0.3, -0.25) is 14.4 Å². The molecule has 10 heteroatoms. The Morgan fingerprint density at radius 3 is 2.50 bits per heavy atom. The van der Waals surface area contributed by atoms with E-state index in [1.54, 1.807) is 9.47 Å². The number of rotatable bonds is 9. The van der Waals surface area contributed by atoms with Crippen molar-refractivity contribution in [1.82, 2.24) is 14.8 Å². The molecule has 0 spiro atoms. The van der Waals surface area contributed by atoms with Gasteiger partial charge in [-0.1, -0.05) is 36.4 Å². The van der Waals surface area contributed by atoms with Crippen LogP contribution in [-0.2, 0) is 17.9 Å². The summed E-state index contributed by atoms with van der Waals surface area (Å²) in [4.78, 5) is 41.9. The van der Waals surface area contributed by atoms with E-state index in [0.29, 0.717) is 12.6 Å². The van der Waals surface area contributed by atoms with Crippen LogP contribution >= 0.6 is 0 Å². The summed E-state index contributed by atoms with van der Waals surface area (Å²) in [6, 6.07) is 11.4. The molecule has 200 valence electrons. The highest BCUT2D eigenvalue weighted by molar-refractivity contribution is 5.99. The highest BCUT2D eigenvalue weighted by Crippen LogP contribution is 2.31. The van der Waals surface area contributed by atoms with Crippen LogP contribution in [0.15, 0.2) is 59.5 Å². The number of aromatic nitrogens is 1. The van der Waals surface area contributed by atoms with Gasteiger partial charge in [-0.05, 0) is 25.5 Å². The van der Waals surface area contributed by atoms with Gasteiger partial charge in [-0.2, -0.15) is 0 Å². The number of pyridine rings is 1. The lowest BCUT2D eigenvalue weighted by molar-refractivity contribution is 0.0324. The number of ether oxygens (including phenoxy) is 2. The van der Waals surface area contributed by atoms with Crippen molar-refractivity contribution in [2.24, 2.45) is 0 Å². The van der Waals surface area contributed by atoms with E-state index in [9.17, 15) is 23.2 Å². The SMILES string of the molecule is CCN1C(=O)c2c(OCc3ccccc3)c(=O)c(C(=O)NCc3ccc(F)cc3F)cn2[C@H](C)[C@@H]1COC. The second kappa shape index (κ2) is 11.6. The first-order valence-electron chi connectivity index (χ1n) is 12.2. The molecular weight excluding hydrogens is 496 g/mol. The zero-order valence-electron chi connectivity index (χ0n) is 21.4. The first-order valence-corrected chi connectivity index (χ1v) is 12.2. The van der Waals surface area contributed by atoms with Gasteiger partial charge < -0.3 is 24.3 Å². The zero-order valence-corrected chi connectivity index (χ0v) is 21.4. The molecule has 0 saturated heterocycles. The Hall–Kier alpha value is -4.05. The third kappa shape index (κ3) is 5.31. The molecule has 0 unspecified atom stereocenters. The fraction of sp³-hybridized carbons (Fsp3) is 0.321. The van der Waals surface area contributed by atoms with E-state index in [0.717, 1.165) is 11.6 Å². The van der Waals surface area contributed by atoms with Crippen LogP contribution in [0.4, 0.5) is 8.78 Å². The average molecular weight is 526 g/mol. The highest BCUT2D eigenvalue weighted by Gasteiger charge is 2.40. The number of fused-ring (bicyclic) bond motifs is 1. The van der Waals surface area contributed by atoms with Gasteiger partial charge in [0, 0.05) is 38.0 Å². The summed E-state index contributed by atoms with van der Waals surface area (Å²) in [6.07, 6.45) is 1.33. The summed E-state index contributed by atoms with van der Waals surface area (Å²) >= 11 is 0. The lowest BCUT2D eigenvalue weighted by atomic mass is 10.0. The van der Waals surface area contributed by atoms with Gasteiger partial charge in [0.25, 0.3) is 11.8 Å². The van der Waals surface area contributed by atoms with Crippen LogP contribution in [0.5, 0.6) is 5.75 Å². The summed E-state index contributed by atoms with van der Waals surface area (Å²) in [5.41, 5.74) is -0.145. The minimum Gasteiger partial charge on any atom is -0.483 e. The molecule has 0 bridgehead atoms. The van der Waals surface area contributed by atoms with E-state index in [2.05, 4.69) is 5.32 Å². The Morgan fingerprint density at radius 1 is 1.11 bits per heavy atom. The van der Waals surface area contributed by atoms with Gasteiger partial charge in [-0.25, -0.2) is 8.78 Å². The molecule has 0 fully saturated rings. The van der Waals surface area contributed by atoms with Crippen LogP contribution in [-0.4, -0.2) is 47.6 Å². The zero-order chi connectivity index (χ0) is 27.4. The minimum atomic E-state index is -0.819. The molecule has 2 aromatic carbocycles. The van der Waals surface area contributed by atoms with Crippen molar-refractivity contribution in [1.29, 1.82) is 0 Å². The number of halogens is 2.